The molecule has 1 aliphatic carbocycles. The molecule has 0 aromatic heterocycles. The third-order valence-electron chi connectivity index (χ3n) is 3.60. The number of hydrogen-bond donors (Lipinski definition) is 1. The Kier molecular flexibility index (Phi) is 2.10. The molecular formula is C10H15NO3. The lowest BCUT2D eigenvalue weighted by Crippen LogP contribution is -2.36. The summed E-state index contributed by atoms with van der Waals surface area (Å²) in [5, 5.41) is 9.50. The minimum atomic E-state index is -0.557. The van der Waals surface area contributed by atoms with Crippen molar-refractivity contribution >= 4 is 11.8 Å². The molecule has 0 radical (unpaired) electrons. The van der Waals surface area contributed by atoms with E-state index in [4.69, 9.17) is 0 Å². The summed E-state index contributed by atoms with van der Waals surface area (Å²) in [5.41, 5.74) is -0.557. The first kappa shape index (κ1) is 9.65. The minimum absolute atomic E-state index is 0.203. The third-order valence-corrected chi connectivity index (χ3v) is 3.60. The van der Waals surface area contributed by atoms with Crippen LogP contribution in [0.15, 0.2) is 0 Å². The van der Waals surface area contributed by atoms with Crippen molar-refractivity contribution < 1.29 is 14.8 Å². The summed E-state index contributed by atoms with van der Waals surface area (Å²) in [7, 11) is 0. The highest BCUT2D eigenvalue weighted by Crippen LogP contribution is 2.46. The number of imide groups is 1. The maximum absolute atomic E-state index is 11.7. The molecule has 0 unspecified atom stereocenters. The molecule has 1 saturated carbocycles. The van der Waals surface area contributed by atoms with Crippen LogP contribution < -0.4 is 0 Å². The van der Waals surface area contributed by atoms with Gasteiger partial charge in [0.2, 0.25) is 0 Å². The third kappa shape index (κ3) is 1.25. The second kappa shape index (κ2) is 3.05. The first-order chi connectivity index (χ1) is 6.55. The van der Waals surface area contributed by atoms with Crippen LogP contribution in [0.25, 0.3) is 0 Å². The average molecular weight is 197 g/mol. The maximum atomic E-state index is 11.7. The summed E-state index contributed by atoms with van der Waals surface area (Å²) < 4.78 is 0. The van der Waals surface area contributed by atoms with E-state index < -0.39 is 11.3 Å². The number of nitrogens with zero attached hydrogens (tertiary/aromatic N) is 1. The van der Waals surface area contributed by atoms with Crippen LogP contribution in [0.1, 0.15) is 39.0 Å². The van der Waals surface area contributed by atoms with Crippen molar-refractivity contribution in [1.29, 1.82) is 0 Å². The minimum Gasteiger partial charge on any atom is -0.278 e. The van der Waals surface area contributed by atoms with Crippen molar-refractivity contribution in [3.05, 3.63) is 0 Å². The van der Waals surface area contributed by atoms with Crippen LogP contribution in [0.2, 0.25) is 0 Å². The summed E-state index contributed by atoms with van der Waals surface area (Å²) in [6.45, 7) is 2.16. The topological polar surface area (TPSA) is 57.6 Å². The van der Waals surface area contributed by atoms with E-state index in [0.717, 1.165) is 25.7 Å². The van der Waals surface area contributed by atoms with Gasteiger partial charge in [-0.15, -0.1) is 0 Å². The molecular weight excluding hydrogens is 182 g/mol. The van der Waals surface area contributed by atoms with Crippen LogP contribution in [0.5, 0.6) is 0 Å². The van der Waals surface area contributed by atoms with Gasteiger partial charge < -0.3 is 0 Å². The van der Waals surface area contributed by atoms with E-state index in [1.807, 2.05) is 0 Å². The van der Waals surface area contributed by atoms with Gasteiger partial charge in [-0.3, -0.25) is 14.8 Å². The molecule has 1 spiro atoms. The van der Waals surface area contributed by atoms with Crippen molar-refractivity contribution in [1.82, 2.24) is 5.06 Å². The van der Waals surface area contributed by atoms with Crippen LogP contribution in [0.4, 0.5) is 0 Å². The van der Waals surface area contributed by atoms with Crippen molar-refractivity contribution in [3.63, 3.8) is 0 Å². The predicted molar refractivity (Wildman–Crippen MR) is 48.3 cm³/mol. The van der Waals surface area contributed by atoms with Crippen molar-refractivity contribution in [2.24, 2.45) is 11.3 Å². The van der Waals surface area contributed by atoms with E-state index in [0.29, 0.717) is 11.0 Å². The van der Waals surface area contributed by atoms with Crippen LogP contribution in [-0.2, 0) is 9.59 Å². The lowest BCUT2D eigenvalue weighted by Gasteiger charge is -2.32. The number of amides is 2. The van der Waals surface area contributed by atoms with E-state index in [9.17, 15) is 14.8 Å². The molecule has 0 aromatic carbocycles. The second-order valence-electron chi connectivity index (χ2n) is 4.65. The summed E-state index contributed by atoms with van der Waals surface area (Å²) in [4.78, 5) is 22.8. The number of carbonyl (C=O) groups is 2. The van der Waals surface area contributed by atoms with Crippen LogP contribution in [0.3, 0.4) is 0 Å². The zero-order valence-electron chi connectivity index (χ0n) is 8.32. The smallest absolute Gasteiger partial charge is 0.260 e. The normalized spacial score (nSPS) is 38.4. The zero-order valence-corrected chi connectivity index (χ0v) is 8.32. The highest BCUT2D eigenvalue weighted by Gasteiger charge is 2.52. The molecule has 14 heavy (non-hydrogen) atoms. The van der Waals surface area contributed by atoms with E-state index >= 15 is 0 Å². The summed E-state index contributed by atoms with van der Waals surface area (Å²) >= 11 is 0. The van der Waals surface area contributed by atoms with E-state index in [-0.39, 0.29) is 12.3 Å². The second-order valence-corrected chi connectivity index (χ2v) is 4.65. The fourth-order valence-corrected chi connectivity index (χ4v) is 2.48. The van der Waals surface area contributed by atoms with E-state index in [1.165, 1.54) is 0 Å². The van der Waals surface area contributed by atoms with Gasteiger partial charge >= 0.3 is 0 Å². The van der Waals surface area contributed by atoms with Crippen molar-refractivity contribution in [2.75, 3.05) is 0 Å². The molecule has 1 saturated heterocycles. The number of hydroxylamine groups is 2. The Morgan fingerprint density at radius 2 is 1.93 bits per heavy atom. The zero-order chi connectivity index (χ0) is 10.3. The van der Waals surface area contributed by atoms with Gasteiger partial charge in [-0.2, -0.15) is 5.06 Å². The molecule has 0 atom stereocenters. The quantitative estimate of drug-likeness (QED) is 0.471. The van der Waals surface area contributed by atoms with Crippen LogP contribution >= 0.6 is 0 Å². The summed E-state index contributed by atoms with van der Waals surface area (Å²) in [6.07, 6.45) is 3.65. The number of rotatable bonds is 0. The maximum Gasteiger partial charge on any atom is 0.260 e. The molecule has 2 rings (SSSR count). The Hall–Kier alpha value is -0.900. The molecule has 0 bridgehead atoms. The molecule has 4 heteroatoms. The molecule has 2 aliphatic rings. The highest BCUT2D eigenvalue weighted by molar-refractivity contribution is 6.04. The van der Waals surface area contributed by atoms with E-state index in [1.54, 1.807) is 0 Å². The molecule has 0 aromatic rings. The Bertz CT molecular complexity index is 279. The largest absolute Gasteiger partial charge is 0.278 e. The standard InChI is InChI=1S/C10H15NO3/c1-7-2-4-10(5-3-7)6-8(12)11(14)9(10)13/h7,14H,2-6H2,1H3. The Labute approximate surface area is 82.8 Å². The lowest BCUT2D eigenvalue weighted by molar-refractivity contribution is -0.174. The summed E-state index contributed by atoms with van der Waals surface area (Å²) in [6, 6.07) is 0. The summed E-state index contributed by atoms with van der Waals surface area (Å²) in [5.74, 6) is -0.185. The van der Waals surface area contributed by atoms with Gasteiger partial charge in [0.15, 0.2) is 0 Å². The molecule has 1 N–H and O–H groups in total. The van der Waals surface area contributed by atoms with Crippen LogP contribution in [0, 0.1) is 11.3 Å². The molecule has 4 nitrogen and oxygen atoms in total. The van der Waals surface area contributed by atoms with Gasteiger partial charge in [0.1, 0.15) is 0 Å². The predicted octanol–water partition coefficient (Wildman–Crippen LogP) is 1.33. The Morgan fingerprint density at radius 1 is 1.36 bits per heavy atom. The highest BCUT2D eigenvalue weighted by atomic mass is 16.5. The van der Waals surface area contributed by atoms with Crippen molar-refractivity contribution in [3.8, 4) is 0 Å². The number of carbonyl (C=O) groups excluding carboxylic acids is 2. The van der Waals surface area contributed by atoms with Gasteiger partial charge in [-0.05, 0) is 31.6 Å². The monoisotopic (exact) mass is 197 g/mol. The SMILES string of the molecule is CC1CCC2(CC1)CC(=O)N(O)C2=O. The molecule has 1 heterocycles. The Morgan fingerprint density at radius 3 is 2.36 bits per heavy atom. The van der Waals surface area contributed by atoms with E-state index in [2.05, 4.69) is 6.92 Å². The van der Waals surface area contributed by atoms with Gasteiger partial charge in [0.05, 0.1) is 5.41 Å². The van der Waals surface area contributed by atoms with Gasteiger partial charge in [-0.25, -0.2) is 0 Å². The lowest BCUT2D eigenvalue weighted by atomic mass is 9.70. The van der Waals surface area contributed by atoms with Gasteiger partial charge in [0.25, 0.3) is 11.8 Å². The van der Waals surface area contributed by atoms with Crippen molar-refractivity contribution in [2.45, 2.75) is 39.0 Å². The number of hydrogen-bond acceptors (Lipinski definition) is 3. The fourth-order valence-electron chi connectivity index (χ4n) is 2.48. The van der Waals surface area contributed by atoms with Gasteiger partial charge in [0, 0.05) is 6.42 Å². The first-order valence-corrected chi connectivity index (χ1v) is 5.11. The molecule has 78 valence electrons. The average Bonchev–Trinajstić information content (AvgIpc) is 2.37. The van der Waals surface area contributed by atoms with Crippen LogP contribution in [-0.4, -0.2) is 22.1 Å². The molecule has 2 amide bonds. The van der Waals surface area contributed by atoms with Gasteiger partial charge in [-0.1, -0.05) is 6.92 Å². The molecule has 2 fully saturated rings. The molecule has 1 aliphatic heterocycles. The fraction of sp³-hybridized carbons (Fsp3) is 0.800. The Balaban J connectivity index is 2.18. The first-order valence-electron chi connectivity index (χ1n) is 5.11.